The van der Waals surface area contributed by atoms with Gasteiger partial charge in [-0.2, -0.15) is 0 Å². The average molecular weight is 283 g/mol. The van der Waals surface area contributed by atoms with E-state index in [0.717, 1.165) is 19.3 Å². The fraction of sp³-hybridized carbons (Fsp3) is 0.294. The Bertz CT molecular complexity index is 597. The molecule has 2 nitrogen and oxygen atoms in total. The smallest absolute Gasteiger partial charge is 0.0747 e. The first kappa shape index (κ1) is 12.3. The van der Waals surface area contributed by atoms with Gasteiger partial charge < -0.3 is 10.0 Å². The van der Waals surface area contributed by atoms with Crippen LogP contribution in [-0.2, 0) is 0 Å². The number of anilines is 2. The lowest BCUT2D eigenvalue weighted by Crippen LogP contribution is -2.38. The molecule has 0 spiro atoms. The van der Waals surface area contributed by atoms with Crippen molar-refractivity contribution >= 4 is 23.1 Å². The summed E-state index contributed by atoms with van der Waals surface area (Å²) in [6.07, 6.45) is 2.87. The van der Waals surface area contributed by atoms with Crippen LogP contribution < -0.4 is 4.90 Å². The van der Waals surface area contributed by atoms with Crippen molar-refractivity contribution in [1.29, 1.82) is 0 Å². The van der Waals surface area contributed by atoms with Gasteiger partial charge in [-0.15, -0.1) is 0 Å². The number of aliphatic hydroxyl groups is 1. The average Bonchev–Trinajstić information content (AvgIpc) is 2.90. The molecule has 102 valence electrons. The molecule has 2 aromatic carbocycles. The van der Waals surface area contributed by atoms with Crippen molar-refractivity contribution in [3.05, 3.63) is 48.5 Å². The molecule has 1 saturated carbocycles. The van der Waals surface area contributed by atoms with E-state index in [4.69, 9.17) is 0 Å². The highest BCUT2D eigenvalue weighted by Crippen LogP contribution is 2.50. The molecule has 1 aliphatic heterocycles. The lowest BCUT2D eigenvalue weighted by molar-refractivity contribution is 0.164. The number of aliphatic hydroxyl groups excluding tert-OH is 1. The summed E-state index contributed by atoms with van der Waals surface area (Å²) in [6, 6.07) is 17.2. The molecular formula is C17H17NOS. The molecule has 0 radical (unpaired) electrons. The van der Waals surface area contributed by atoms with Gasteiger partial charge in [0.05, 0.1) is 23.5 Å². The van der Waals surface area contributed by atoms with Crippen molar-refractivity contribution in [2.75, 3.05) is 4.90 Å². The van der Waals surface area contributed by atoms with E-state index in [1.807, 2.05) is 11.8 Å². The zero-order valence-corrected chi connectivity index (χ0v) is 12.0. The molecule has 1 N–H and O–H groups in total. The second kappa shape index (κ2) is 4.83. The van der Waals surface area contributed by atoms with Crippen molar-refractivity contribution in [2.24, 2.45) is 0 Å². The van der Waals surface area contributed by atoms with Gasteiger partial charge in [-0.3, -0.25) is 0 Å². The Morgan fingerprint density at radius 3 is 2.05 bits per heavy atom. The zero-order valence-electron chi connectivity index (χ0n) is 11.2. The second-order valence-electron chi connectivity index (χ2n) is 5.47. The highest BCUT2D eigenvalue weighted by Gasteiger charge is 2.35. The number of para-hydroxylation sites is 2. The Morgan fingerprint density at radius 2 is 1.50 bits per heavy atom. The van der Waals surface area contributed by atoms with Crippen LogP contribution in [0.2, 0.25) is 0 Å². The van der Waals surface area contributed by atoms with Gasteiger partial charge in [0.2, 0.25) is 0 Å². The van der Waals surface area contributed by atoms with E-state index in [0.29, 0.717) is 0 Å². The summed E-state index contributed by atoms with van der Waals surface area (Å²) in [5.41, 5.74) is 2.48. The van der Waals surface area contributed by atoms with Crippen LogP contribution in [0.5, 0.6) is 0 Å². The lowest BCUT2D eigenvalue weighted by Gasteiger charge is -2.38. The summed E-state index contributed by atoms with van der Waals surface area (Å²) < 4.78 is 0. The highest BCUT2D eigenvalue weighted by molar-refractivity contribution is 7.99. The van der Waals surface area contributed by atoms with Crippen molar-refractivity contribution in [2.45, 2.75) is 41.2 Å². The topological polar surface area (TPSA) is 23.5 Å². The Kier molecular flexibility index (Phi) is 2.97. The van der Waals surface area contributed by atoms with Crippen LogP contribution in [0.25, 0.3) is 0 Å². The van der Waals surface area contributed by atoms with E-state index < -0.39 is 0 Å². The summed E-state index contributed by atoms with van der Waals surface area (Å²) in [5.74, 6) is 0. The summed E-state index contributed by atoms with van der Waals surface area (Å²) >= 11 is 1.82. The first-order valence-corrected chi connectivity index (χ1v) is 7.99. The van der Waals surface area contributed by atoms with E-state index in [2.05, 4.69) is 53.4 Å². The van der Waals surface area contributed by atoms with E-state index >= 15 is 0 Å². The minimum atomic E-state index is -0.223. The number of hydrogen-bond donors (Lipinski definition) is 1. The molecule has 4 rings (SSSR count). The largest absolute Gasteiger partial charge is 0.391 e. The van der Waals surface area contributed by atoms with Crippen LogP contribution in [0.1, 0.15) is 19.3 Å². The normalized spacial score (nSPS) is 24.4. The number of hydrogen-bond acceptors (Lipinski definition) is 3. The predicted octanol–water partition coefficient (Wildman–Crippen LogP) is 4.20. The zero-order chi connectivity index (χ0) is 13.5. The maximum atomic E-state index is 10.3. The van der Waals surface area contributed by atoms with Crippen LogP contribution in [0.4, 0.5) is 11.4 Å². The standard InChI is InChI=1S/C17H17NOS/c19-15-9-5-8-12(15)18-13-6-1-3-10-16(13)20-17-11-4-2-7-14(17)18/h1-4,6-7,10-12,15,19H,5,8-9H2/t12-,15-/m0/s1. The Balaban J connectivity index is 1.88. The summed E-state index contributed by atoms with van der Waals surface area (Å²) in [6.45, 7) is 0. The quantitative estimate of drug-likeness (QED) is 0.848. The maximum Gasteiger partial charge on any atom is 0.0747 e. The Hall–Kier alpha value is -1.45. The first-order chi connectivity index (χ1) is 9.84. The first-order valence-electron chi connectivity index (χ1n) is 7.18. The van der Waals surface area contributed by atoms with Gasteiger partial charge in [0.15, 0.2) is 0 Å². The van der Waals surface area contributed by atoms with Gasteiger partial charge in [-0.05, 0) is 43.5 Å². The molecule has 1 aliphatic carbocycles. The molecule has 1 fully saturated rings. The Labute approximate surface area is 123 Å². The molecular weight excluding hydrogens is 266 g/mol. The molecule has 20 heavy (non-hydrogen) atoms. The monoisotopic (exact) mass is 283 g/mol. The molecule has 0 aromatic heterocycles. The van der Waals surface area contributed by atoms with E-state index in [9.17, 15) is 5.11 Å². The van der Waals surface area contributed by atoms with Gasteiger partial charge >= 0.3 is 0 Å². The third-order valence-corrected chi connectivity index (χ3v) is 5.38. The van der Waals surface area contributed by atoms with Crippen LogP contribution in [0, 0.1) is 0 Å². The van der Waals surface area contributed by atoms with Gasteiger partial charge in [0.1, 0.15) is 0 Å². The van der Waals surface area contributed by atoms with Gasteiger partial charge in [-0.25, -0.2) is 0 Å². The minimum Gasteiger partial charge on any atom is -0.391 e. The van der Waals surface area contributed by atoms with Crippen LogP contribution in [0.3, 0.4) is 0 Å². The SMILES string of the molecule is O[C@H]1CCC[C@@H]1N1c2ccccc2Sc2ccccc21. The van der Waals surface area contributed by atoms with Crippen molar-refractivity contribution in [3.63, 3.8) is 0 Å². The third kappa shape index (κ3) is 1.85. The van der Waals surface area contributed by atoms with Gasteiger partial charge in [0, 0.05) is 9.79 Å². The van der Waals surface area contributed by atoms with E-state index in [-0.39, 0.29) is 12.1 Å². The van der Waals surface area contributed by atoms with Crippen LogP contribution >= 0.6 is 11.8 Å². The summed E-state index contributed by atoms with van der Waals surface area (Å²) in [7, 11) is 0. The van der Waals surface area contributed by atoms with Crippen molar-refractivity contribution in [1.82, 2.24) is 0 Å². The fourth-order valence-corrected chi connectivity index (χ4v) is 4.38. The molecule has 1 heterocycles. The van der Waals surface area contributed by atoms with E-state index in [1.165, 1.54) is 21.2 Å². The molecule has 2 atom stereocenters. The summed E-state index contributed by atoms with van der Waals surface area (Å²) in [5, 5.41) is 10.3. The predicted molar refractivity (Wildman–Crippen MR) is 82.8 cm³/mol. The molecule has 0 saturated heterocycles. The molecule has 0 amide bonds. The number of benzene rings is 2. The number of nitrogens with zero attached hydrogens (tertiary/aromatic N) is 1. The molecule has 2 aromatic rings. The van der Waals surface area contributed by atoms with Crippen LogP contribution in [0.15, 0.2) is 58.3 Å². The van der Waals surface area contributed by atoms with Gasteiger partial charge in [-0.1, -0.05) is 36.0 Å². The third-order valence-electron chi connectivity index (χ3n) is 4.25. The van der Waals surface area contributed by atoms with Crippen molar-refractivity contribution in [3.8, 4) is 0 Å². The highest BCUT2D eigenvalue weighted by atomic mass is 32.2. The van der Waals surface area contributed by atoms with E-state index in [1.54, 1.807) is 0 Å². The maximum absolute atomic E-state index is 10.3. The molecule has 2 aliphatic rings. The minimum absolute atomic E-state index is 0.207. The molecule has 3 heteroatoms. The second-order valence-corrected chi connectivity index (χ2v) is 6.56. The molecule has 0 unspecified atom stereocenters. The van der Waals surface area contributed by atoms with Crippen molar-refractivity contribution < 1.29 is 5.11 Å². The number of fused-ring (bicyclic) bond motifs is 2. The number of rotatable bonds is 1. The van der Waals surface area contributed by atoms with Gasteiger partial charge in [0.25, 0.3) is 0 Å². The molecule has 0 bridgehead atoms. The Morgan fingerprint density at radius 1 is 0.900 bits per heavy atom. The van der Waals surface area contributed by atoms with Crippen LogP contribution in [-0.4, -0.2) is 17.3 Å². The lowest BCUT2D eigenvalue weighted by atomic mass is 10.1. The fourth-order valence-electron chi connectivity index (χ4n) is 3.31. The summed E-state index contributed by atoms with van der Waals surface area (Å²) in [4.78, 5) is 4.93.